The molecule has 1 aliphatic heterocycles. The summed E-state index contributed by atoms with van der Waals surface area (Å²) in [6.45, 7) is 9.78. The molecule has 0 N–H and O–H groups in total. The molecule has 4 nitrogen and oxygen atoms in total. The van der Waals surface area contributed by atoms with E-state index in [1.807, 2.05) is 0 Å². The van der Waals surface area contributed by atoms with Gasteiger partial charge in [-0.3, -0.25) is 4.90 Å². The Labute approximate surface area is 171 Å². The Morgan fingerprint density at radius 2 is 1.75 bits per heavy atom. The number of nitrogens with zero attached hydrogens (tertiary/aromatic N) is 3. The van der Waals surface area contributed by atoms with E-state index in [-0.39, 0.29) is 0 Å². The van der Waals surface area contributed by atoms with E-state index in [9.17, 15) is 0 Å². The molecule has 0 bridgehead atoms. The van der Waals surface area contributed by atoms with Gasteiger partial charge in [-0.25, -0.2) is 0 Å². The number of hydrogen-bond acceptors (Lipinski definition) is 4. The van der Waals surface area contributed by atoms with E-state index >= 15 is 0 Å². The summed E-state index contributed by atoms with van der Waals surface area (Å²) in [6, 6.07) is 10.8. The molecule has 1 aromatic carbocycles. The Morgan fingerprint density at radius 3 is 2.54 bits per heavy atom. The third-order valence-corrected chi connectivity index (χ3v) is 5.76. The Bertz CT molecular complexity index is 618. The van der Waals surface area contributed by atoms with Gasteiger partial charge in [-0.15, -0.1) is 0 Å². The van der Waals surface area contributed by atoms with Gasteiger partial charge in [-0.2, -0.15) is 0 Å². The van der Waals surface area contributed by atoms with Gasteiger partial charge in [0.1, 0.15) is 6.61 Å². The highest BCUT2D eigenvalue weighted by molar-refractivity contribution is 6.00. The Kier molecular flexibility index (Phi) is 9.05. The van der Waals surface area contributed by atoms with Crippen molar-refractivity contribution in [3.05, 3.63) is 47.5 Å². The lowest BCUT2D eigenvalue weighted by molar-refractivity contribution is 0.0999. The van der Waals surface area contributed by atoms with Crippen LogP contribution in [0, 0.1) is 0 Å². The van der Waals surface area contributed by atoms with E-state index < -0.39 is 0 Å². The van der Waals surface area contributed by atoms with Crippen LogP contribution in [0.2, 0.25) is 0 Å². The van der Waals surface area contributed by atoms with Gasteiger partial charge in [0.15, 0.2) is 0 Å². The zero-order chi connectivity index (χ0) is 19.4. The lowest BCUT2D eigenvalue weighted by Gasteiger charge is -2.34. The molecule has 1 saturated heterocycles. The van der Waals surface area contributed by atoms with Gasteiger partial charge in [0.25, 0.3) is 0 Å². The van der Waals surface area contributed by atoms with Gasteiger partial charge >= 0.3 is 0 Å². The van der Waals surface area contributed by atoms with Crippen LogP contribution < -0.4 is 0 Å². The quantitative estimate of drug-likeness (QED) is 0.450. The molecule has 28 heavy (non-hydrogen) atoms. The number of allylic oxidation sites excluding steroid dienone is 2. The summed E-state index contributed by atoms with van der Waals surface area (Å²) in [4.78, 5) is 10.8. The van der Waals surface area contributed by atoms with Gasteiger partial charge in [0.05, 0.1) is 5.71 Å². The average molecular weight is 384 g/mol. The highest BCUT2D eigenvalue weighted by Crippen LogP contribution is 2.22. The molecule has 0 unspecified atom stereocenters. The van der Waals surface area contributed by atoms with E-state index in [0.29, 0.717) is 0 Å². The first-order valence-electron chi connectivity index (χ1n) is 11.2. The third-order valence-electron chi connectivity index (χ3n) is 5.76. The fraction of sp³-hybridized carbons (Fsp3) is 0.625. The lowest BCUT2D eigenvalue weighted by atomic mass is 9.92. The molecule has 0 spiro atoms. The zero-order valence-electron chi connectivity index (χ0n) is 17.6. The van der Waals surface area contributed by atoms with Crippen molar-refractivity contribution in [3.8, 4) is 0 Å². The standard InChI is InChI=1S/C24H37N3O/c1-2-3-12-23-13-7-8-14-24(23)25-28-20-9-15-26-16-18-27(19-17-26)21-22-10-5-4-6-11-22/h4-6,10-12H,2-3,7-9,13-21H2,1H3. The van der Waals surface area contributed by atoms with Crippen LogP contribution in [0.1, 0.15) is 57.4 Å². The van der Waals surface area contributed by atoms with Crippen LogP contribution in [0.15, 0.2) is 47.1 Å². The fourth-order valence-electron chi connectivity index (χ4n) is 4.04. The van der Waals surface area contributed by atoms with E-state index in [0.717, 1.165) is 65.1 Å². The predicted octanol–water partition coefficient (Wildman–Crippen LogP) is 4.87. The van der Waals surface area contributed by atoms with Crippen molar-refractivity contribution in [2.45, 2.75) is 58.4 Å². The minimum atomic E-state index is 0.731. The molecule has 0 aromatic heterocycles. The first-order chi connectivity index (χ1) is 13.8. The van der Waals surface area contributed by atoms with Crippen molar-refractivity contribution in [1.82, 2.24) is 9.80 Å². The monoisotopic (exact) mass is 383 g/mol. The molecule has 0 radical (unpaired) electrons. The van der Waals surface area contributed by atoms with Gasteiger partial charge in [-0.1, -0.05) is 54.9 Å². The fourth-order valence-corrected chi connectivity index (χ4v) is 4.04. The van der Waals surface area contributed by atoms with Gasteiger partial charge in [0.2, 0.25) is 0 Å². The third kappa shape index (κ3) is 7.06. The van der Waals surface area contributed by atoms with Crippen LogP contribution in [-0.4, -0.2) is 54.8 Å². The molecule has 2 aliphatic rings. The van der Waals surface area contributed by atoms with Gasteiger partial charge < -0.3 is 9.74 Å². The summed E-state index contributed by atoms with van der Waals surface area (Å²) < 4.78 is 0. The second kappa shape index (κ2) is 12.0. The molecule has 1 aliphatic carbocycles. The Morgan fingerprint density at radius 1 is 1.00 bits per heavy atom. The smallest absolute Gasteiger partial charge is 0.118 e. The minimum absolute atomic E-state index is 0.731. The summed E-state index contributed by atoms with van der Waals surface area (Å²) in [6.07, 6.45) is 10.6. The van der Waals surface area contributed by atoms with Crippen LogP contribution >= 0.6 is 0 Å². The van der Waals surface area contributed by atoms with Crippen molar-refractivity contribution >= 4 is 5.71 Å². The summed E-state index contributed by atoms with van der Waals surface area (Å²) in [5.41, 5.74) is 4.05. The topological polar surface area (TPSA) is 28.1 Å². The maximum absolute atomic E-state index is 5.68. The van der Waals surface area contributed by atoms with Crippen LogP contribution in [-0.2, 0) is 11.4 Å². The maximum Gasteiger partial charge on any atom is 0.118 e. The molecular weight excluding hydrogens is 346 g/mol. The van der Waals surface area contributed by atoms with Gasteiger partial charge in [0, 0.05) is 39.3 Å². The van der Waals surface area contributed by atoms with E-state index in [2.05, 4.69) is 58.3 Å². The van der Waals surface area contributed by atoms with E-state index in [4.69, 9.17) is 4.84 Å². The van der Waals surface area contributed by atoms with Crippen LogP contribution in [0.25, 0.3) is 0 Å². The highest BCUT2D eigenvalue weighted by atomic mass is 16.6. The molecule has 0 atom stereocenters. The van der Waals surface area contributed by atoms with Gasteiger partial charge in [-0.05, 0) is 49.7 Å². The summed E-state index contributed by atoms with van der Waals surface area (Å²) in [7, 11) is 0. The minimum Gasteiger partial charge on any atom is -0.396 e. The Balaban J connectivity index is 1.30. The Hall–Kier alpha value is -1.65. The summed E-state index contributed by atoms with van der Waals surface area (Å²) >= 11 is 0. The second-order valence-electron chi connectivity index (χ2n) is 8.05. The summed E-state index contributed by atoms with van der Waals surface area (Å²) in [5, 5.41) is 4.48. The predicted molar refractivity (Wildman–Crippen MR) is 118 cm³/mol. The molecule has 154 valence electrons. The number of oxime groups is 1. The normalized spacial score (nSPS) is 22.0. The summed E-state index contributed by atoms with van der Waals surface area (Å²) in [5.74, 6) is 0. The largest absolute Gasteiger partial charge is 0.396 e. The first-order valence-corrected chi connectivity index (χ1v) is 11.2. The molecule has 2 fully saturated rings. The molecule has 4 heteroatoms. The highest BCUT2D eigenvalue weighted by Gasteiger charge is 2.17. The zero-order valence-corrected chi connectivity index (χ0v) is 17.6. The van der Waals surface area contributed by atoms with Crippen molar-refractivity contribution in [3.63, 3.8) is 0 Å². The molecule has 1 heterocycles. The van der Waals surface area contributed by atoms with Crippen molar-refractivity contribution in [1.29, 1.82) is 0 Å². The number of piperazine rings is 1. The first kappa shape index (κ1) is 21.1. The molecule has 1 saturated carbocycles. The van der Waals surface area contributed by atoms with Crippen LogP contribution in [0.3, 0.4) is 0 Å². The maximum atomic E-state index is 5.68. The lowest BCUT2D eigenvalue weighted by Crippen LogP contribution is -2.46. The van der Waals surface area contributed by atoms with E-state index in [1.165, 1.54) is 42.5 Å². The molecule has 0 amide bonds. The van der Waals surface area contributed by atoms with Crippen molar-refractivity contribution < 1.29 is 4.84 Å². The molecular formula is C24H37N3O. The molecule has 3 rings (SSSR count). The SMILES string of the molecule is CCCC=C1CCCCC1=NOCCCN1CCN(Cc2ccccc2)CC1. The van der Waals surface area contributed by atoms with Crippen LogP contribution in [0.5, 0.6) is 0 Å². The molecule has 1 aromatic rings. The van der Waals surface area contributed by atoms with Crippen LogP contribution in [0.4, 0.5) is 0 Å². The average Bonchev–Trinajstić information content (AvgIpc) is 2.74. The number of hydrogen-bond donors (Lipinski definition) is 0. The number of benzene rings is 1. The van der Waals surface area contributed by atoms with E-state index in [1.54, 1.807) is 0 Å². The number of unbranched alkanes of at least 4 members (excludes halogenated alkanes) is 1. The second-order valence-corrected chi connectivity index (χ2v) is 8.05. The van der Waals surface area contributed by atoms with Crippen molar-refractivity contribution in [2.75, 3.05) is 39.3 Å². The number of rotatable bonds is 9. The van der Waals surface area contributed by atoms with Crippen molar-refractivity contribution in [2.24, 2.45) is 5.16 Å².